The first-order valence-electron chi connectivity index (χ1n) is 6.38. The third-order valence-electron chi connectivity index (χ3n) is 2.82. The van der Waals surface area contributed by atoms with Gasteiger partial charge in [-0.3, -0.25) is 4.79 Å². The summed E-state index contributed by atoms with van der Waals surface area (Å²) in [6, 6.07) is 16.5. The average molecular weight is 287 g/mol. The van der Waals surface area contributed by atoms with Gasteiger partial charge >= 0.3 is 0 Å². The van der Waals surface area contributed by atoms with Gasteiger partial charge in [-0.25, -0.2) is 5.43 Å². The van der Waals surface area contributed by atoms with Crippen molar-refractivity contribution in [3.8, 4) is 0 Å². The van der Waals surface area contributed by atoms with Crippen LogP contribution in [0.1, 0.15) is 29.3 Å². The Labute approximate surface area is 123 Å². The number of nitrogens with one attached hydrogen (secondary N) is 1. The van der Waals surface area contributed by atoms with Gasteiger partial charge in [-0.1, -0.05) is 54.9 Å². The molecule has 2 rings (SSSR count). The Kier molecular flexibility index (Phi) is 4.91. The maximum absolute atomic E-state index is 12.0. The standard InChI is InChI=1S/C16H15ClN2O/c1-2-15(12-7-4-3-5-8-12)18-19-16(20)13-9-6-10-14(17)11-13/h3-11H,2H2,1H3,(H,19,20). The number of carbonyl (C=O) groups is 1. The maximum atomic E-state index is 12.0. The summed E-state index contributed by atoms with van der Waals surface area (Å²) >= 11 is 5.86. The SMILES string of the molecule is CCC(=NNC(=O)c1cccc(Cl)c1)c1ccccc1. The molecule has 0 aliphatic carbocycles. The fourth-order valence-electron chi connectivity index (χ4n) is 1.79. The quantitative estimate of drug-likeness (QED) is 0.672. The van der Waals surface area contributed by atoms with Crippen LogP contribution < -0.4 is 5.43 Å². The number of rotatable bonds is 4. The van der Waals surface area contributed by atoms with Crippen LogP contribution in [0.3, 0.4) is 0 Å². The number of hydrogen-bond donors (Lipinski definition) is 1. The molecular formula is C16H15ClN2O. The Balaban J connectivity index is 2.13. The lowest BCUT2D eigenvalue weighted by atomic mass is 10.1. The Bertz CT molecular complexity index is 623. The molecule has 102 valence electrons. The summed E-state index contributed by atoms with van der Waals surface area (Å²) in [5.74, 6) is -0.269. The van der Waals surface area contributed by atoms with Crippen molar-refractivity contribution < 1.29 is 4.79 Å². The van der Waals surface area contributed by atoms with Crippen LogP contribution in [0.5, 0.6) is 0 Å². The van der Waals surface area contributed by atoms with Crippen molar-refractivity contribution >= 4 is 23.2 Å². The Hall–Kier alpha value is -2.13. The van der Waals surface area contributed by atoms with Gasteiger partial charge in [-0.2, -0.15) is 5.10 Å². The highest BCUT2D eigenvalue weighted by molar-refractivity contribution is 6.30. The van der Waals surface area contributed by atoms with Crippen LogP contribution >= 0.6 is 11.6 Å². The summed E-state index contributed by atoms with van der Waals surface area (Å²) in [5.41, 5.74) is 4.89. The largest absolute Gasteiger partial charge is 0.271 e. The zero-order chi connectivity index (χ0) is 14.4. The van der Waals surface area contributed by atoms with Crippen molar-refractivity contribution in [2.75, 3.05) is 0 Å². The fraction of sp³-hybridized carbons (Fsp3) is 0.125. The predicted molar refractivity (Wildman–Crippen MR) is 82.2 cm³/mol. The Morgan fingerprint density at radius 1 is 1.10 bits per heavy atom. The smallest absolute Gasteiger partial charge is 0.267 e. The van der Waals surface area contributed by atoms with E-state index in [1.54, 1.807) is 24.3 Å². The van der Waals surface area contributed by atoms with Gasteiger partial charge in [0, 0.05) is 10.6 Å². The zero-order valence-electron chi connectivity index (χ0n) is 11.1. The minimum Gasteiger partial charge on any atom is -0.267 e. The highest BCUT2D eigenvalue weighted by atomic mass is 35.5. The van der Waals surface area contributed by atoms with Gasteiger partial charge in [-0.15, -0.1) is 0 Å². The van der Waals surface area contributed by atoms with E-state index in [0.29, 0.717) is 10.6 Å². The lowest BCUT2D eigenvalue weighted by molar-refractivity contribution is 0.0955. The summed E-state index contributed by atoms with van der Waals surface area (Å²) in [5, 5.41) is 4.72. The molecule has 2 aromatic carbocycles. The first-order valence-corrected chi connectivity index (χ1v) is 6.76. The third kappa shape index (κ3) is 3.68. The molecule has 0 aliphatic rings. The number of hydrogen-bond acceptors (Lipinski definition) is 2. The van der Waals surface area contributed by atoms with Gasteiger partial charge < -0.3 is 0 Å². The molecule has 3 nitrogen and oxygen atoms in total. The number of carbonyl (C=O) groups excluding carboxylic acids is 1. The lowest BCUT2D eigenvalue weighted by Crippen LogP contribution is -2.19. The maximum Gasteiger partial charge on any atom is 0.271 e. The van der Waals surface area contributed by atoms with Crippen molar-refractivity contribution in [1.29, 1.82) is 0 Å². The zero-order valence-corrected chi connectivity index (χ0v) is 11.9. The van der Waals surface area contributed by atoms with Gasteiger partial charge in [0.1, 0.15) is 0 Å². The number of benzene rings is 2. The average Bonchev–Trinajstić information content (AvgIpc) is 2.49. The van der Waals surface area contributed by atoms with Gasteiger partial charge in [0.2, 0.25) is 0 Å². The molecule has 4 heteroatoms. The second-order valence-electron chi connectivity index (χ2n) is 4.23. The van der Waals surface area contributed by atoms with Crippen LogP contribution in [0.4, 0.5) is 0 Å². The normalized spacial score (nSPS) is 11.2. The van der Waals surface area contributed by atoms with Crippen LogP contribution in [0.25, 0.3) is 0 Å². The van der Waals surface area contributed by atoms with E-state index in [1.807, 2.05) is 37.3 Å². The first-order chi connectivity index (χ1) is 9.70. The number of halogens is 1. The van der Waals surface area contributed by atoms with E-state index >= 15 is 0 Å². The van der Waals surface area contributed by atoms with E-state index < -0.39 is 0 Å². The molecule has 20 heavy (non-hydrogen) atoms. The van der Waals surface area contributed by atoms with Crippen LogP contribution in [0, 0.1) is 0 Å². The second kappa shape index (κ2) is 6.87. The fourth-order valence-corrected chi connectivity index (χ4v) is 1.98. The van der Waals surface area contributed by atoms with E-state index in [0.717, 1.165) is 17.7 Å². The van der Waals surface area contributed by atoms with E-state index in [4.69, 9.17) is 11.6 Å². The molecule has 0 bridgehead atoms. The van der Waals surface area contributed by atoms with Gasteiger partial charge in [0.05, 0.1) is 5.71 Å². The van der Waals surface area contributed by atoms with Gasteiger partial charge in [0.15, 0.2) is 0 Å². The molecule has 0 unspecified atom stereocenters. The van der Waals surface area contributed by atoms with E-state index in [9.17, 15) is 4.79 Å². The molecule has 0 heterocycles. The predicted octanol–water partition coefficient (Wildman–Crippen LogP) is 3.88. The van der Waals surface area contributed by atoms with Crippen molar-refractivity contribution in [3.05, 3.63) is 70.7 Å². The highest BCUT2D eigenvalue weighted by Gasteiger charge is 2.06. The Morgan fingerprint density at radius 3 is 2.45 bits per heavy atom. The first kappa shape index (κ1) is 14.3. The molecule has 0 aliphatic heterocycles. The highest BCUT2D eigenvalue weighted by Crippen LogP contribution is 2.10. The van der Waals surface area contributed by atoms with Gasteiger partial charge in [0.25, 0.3) is 5.91 Å². The van der Waals surface area contributed by atoms with Crippen molar-refractivity contribution in [1.82, 2.24) is 5.43 Å². The molecular weight excluding hydrogens is 272 g/mol. The number of amides is 1. The minimum atomic E-state index is -0.269. The molecule has 0 atom stereocenters. The molecule has 1 amide bonds. The van der Waals surface area contributed by atoms with Crippen LogP contribution in [0.2, 0.25) is 5.02 Å². The van der Waals surface area contributed by atoms with E-state index in [-0.39, 0.29) is 5.91 Å². The third-order valence-corrected chi connectivity index (χ3v) is 3.06. The minimum absolute atomic E-state index is 0.269. The lowest BCUT2D eigenvalue weighted by Gasteiger charge is -2.05. The Morgan fingerprint density at radius 2 is 1.80 bits per heavy atom. The van der Waals surface area contributed by atoms with Crippen molar-refractivity contribution in [2.24, 2.45) is 5.10 Å². The summed E-state index contributed by atoms with van der Waals surface area (Å²) in [6.07, 6.45) is 0.736. The molecule has 0 spiro atoms. The summed E-state index contributed by atoms with van der Waals surface area (Å²) in [4.78, 5) is 12.0. The molecule has 0 saturated carbocycles. The summed E-state index contributed by atoms with van der Waals surface area (Å²) in [6.45, 7) is 2.00. The summed E-state index contributed by atoms with van der Waals surface area (Å²) in [7, 11) is 0. The van der Waals surface area contributed by atoms with Crippen LogP contribution in [0.15, 0.2) is 59.7 Å². The van der Waals surface area contributed by atoms with E-state index in [2.05, 4.69) is 10.5 Å². The van der Waals surface area contributed by atoms with Crippen molar-refractivity contribution in [3.63, 3.8) is 0 Å². The monoisotopic (exact) mass is 286 g/mol. The van der Waals surface area contributed by atoms with Crippen LogP contribution in [-0.2, 0) is 0 Å². The molecule has 2 aromatic rings. The van der Waals surface area contributed by atoms with E-state index in [1.165, 1.54) is 0 Å². The topological polar surface area (TPSA) is 41.5 Å². The van der Waals surface area contributed by atoms with Crippen molar-refractivity contribution in [2.45, 2.75) is 13.3 Å². The molecule has 0 fully saturated rings. The molecule has 0 radical (unpaired) electrons. The molecule has 0 saturated heterocycles. The molecule has 1 N–H and O–H groups in total. The number of nitrogens with zero attached hydrogens (tertiary/aromatic N) is 1. The number of hydrazone groups is 1. The molecule has 0 aromatic heterocycles. The second-order valence-corrected chi connectivity index (χ2v) is 4.67. The van der Waals surface area contributed by atoms with Gasteiger partial charge in [-0.05, 0) is 30.2 Å². The summed E-state index contributed by atoms with van der Waals surface area (Å²) < 4.78 is 0. The van der Waals surface area contributed by atoms with Crippen LogP contribution in [-0.4, -0.2) is 11.6 Å².